The summed E-state index contributed by atoms with van der Waals surface area (Å²) in [7, 11) is -4.14. The summed E-state index contributed by atoms with van der Waals surface area (Å²) in [5, 5.41) is 0.353. The van der Waals surface area contributed by atoms with Crippen LogP contribution in [0.1, 0.15) is 0 Å². The molecule has 3 rings (SSSR count). The van der Waals surface area contributed by atoms with Gasteiger partial charge in [0.05, 0.1) is 0 Å². The van der Waals surface area contributed by atoms with Crippen LogP contribution in [0.2, 0.25) is 0 Å². The predicted octanol–water partition coefficient (Wildman–Crippen LogP) is 3.19. The molecule has 0 aliphatic heterocycles. The van der Waals surface area contributed by atoms with Gasteiger partial charge in [-0.2, -0.15) is 12.6 Å². The van der Waals surface area contributed by atoms with Gasteiger partial charge in [-0.1, -0.05) is 52.3 Å². The maximum Gasteiger partial charge on any atom is 0.328 e. The zero-order valence-corrected chi connectivity index (χ0v) is 12.2. The highest BCUT2D eigenvalue weighted by molar-refractivity contribution is 7.93. The van der Waals surface area contributed by atoms with Crippen LogP contribution in [-0.4, -0.2) is 12.6 Å². The van der Waals surface area contributed by atoms with Crippen molar-refractivity contribution < 1.29 is 17.0 Å². The van der Waals surface area contributed by atoms with E-state index < -0.39 is 10.0 Å². The molecule has 0 aliphatic rings. The van der Waals surface area contributed by atoms with E-state index in [4.69, 9.17) is 4.42 Å². The first-order valence-corrected chi connectivity index (χ1v) is 8.10. The third kappa shape index (κ3) is 2.41. The van der Waals surface area contributed by atoms with E-state index in [-0.39, 0.29) is 16.6 Å². The maximum atomic E-state index is 12.1. The number of rotatable bonds is 3. The van der Waals surface area contributed by atoms with E-state index in [1.165, 1.54) is 0 Å². The second kappa shape index (κ2) is 5.27. The summed E-state index contributed by atoms with van der Waals surface area (Å²) in [6, 6.07) is 16.0. The summed E-state index contributed by atoms with van der Waals surface area (Å²) in [5.74, 6) is 0. The molecule has 0 saturated heterocycles. The van der Waals surface area contributed by atoms with Gasteiger partial charge in [-0.05, 0) is 11.6 Å². The molecule has 0 unspecified atom stereocenters. The Morgan fingerprint density at radius 1 is 0.952 bits per heavy atom. The molecule has 0 bridgehead atoms. The second-order valence-electron chi connectivity index (χ2n) is 4.25. The van der Waals surface area contributed by atoms with Gasteiger partial charge >= 0.3 is 10.0 Å². The van der Waals surface area contributed by atoms with Crippen molar-refractivity contribution in [3.05, 3.63) is 54.6 Å². The van der Waals surface area contributed by atoms with Crippen molar-refractivity contribution in [1.29, 1.82) is 0 Å². The topological polar surface area (TPSA) is 76.7 Å². The molecule has 5 nitrogen and oxygen atoms in total. The summed E-state index contributed by atoms with van der Waals surface area (Å²) in [6.45, 7) is 0. The molecule has 0 N–H and O–H groups in total. The van der Waals surface area contributed by atoms with Crippen LogP contribution in [-0.2, 0) is 21.5 Å². The van der Waals surface area contributed by atoms with Crippen molar-refractivity contribution >= 4 is 32.5 Å². The van der Waals surface area contributed by atoms with Gasteiger partial charge < -0.3 is 4.42 Å². The number of nitrogens with zero attached hydrogens (tertiary/aromatic N) is 1. The highest BCUT2D eigenvalue weighted by Gasteiger charge is 2.26. The molecule has 0 aliphatic carbocycles. The Hall–Kier alpha value is -2.25. The lowest BCUT2D eigenvalue weighted by molar-refractivity contribution is 0.485. The molecular formula is C14H9NO4S2. The molecule has 3 aromatic rings. The van der Waals surface area contributed by atoms with Gasteiger partial charge in [-0.3, -0.25) is 0 Å². The first-order chi connectivity index (χ1) is 10.1. The fraction of sp³-hybridized carbons (Fsp3) is 0. The molecule has 0 saturated carbocycles. The van der Waals surface area contributed by atoms with Gasteiger partial charge in [0.2, 0.25) is 11.5 Å². The van der Waals surface area contributed by atoms with Crippen LogP contribution >= 0.6 is 0 Å². The normalized spacial score (nSPS) is 11.4. The molecule has 0 amide bonds. The minimum absolute atomic E-state index is 0.307. The van der Waals surface area contributed by atoms with E-state index >= 15 is 0 Å². The molecular weight excluding hydrogens is 310 g/mol. The smallest absolute Gasteiger partial charge is 0.328 e. The second-order valence-corrected chi connectivity index (χ2v) is 6.32. The molecule has 0 radical (unpaired) electrons. The van der Waals surface area contributed by atoms with E-state index in [0.717, 1.165) is 0 Å². The Morgan fingerprint density at radius 2 is 1.62 bits per heavy atom. The summed E-state index contributed by atoms with van der Waals surface area (Å²) >= 11 is -0.356. The minimum atomic E-state index is -4.14. The molecule has 0 fully saturated rings. The molecule has 1 aromatic heterocycles. The van der Waals surface area contributed by atoms with Crippen molar-refractivity contribution in [2.45, 2.75) is 5.09 Å². The lowest BCUT2D eigenvalue weighted by atomic mass is 10.1. The van der Waals surface area contributed by atoms with Gasteiger partial charge in [-0.25, -0.2) is 0 Å². The third-order valence-electron chi connectivity index (χ3n) is 2.99. The molecule has 0 atom stereocenters. The van der Waals surface area contributed by atoms with Crippen LogP contribution in [0.15, 0.2) is 67.9 Å². The largest absolute Gasteiger partial charge is 0.442 e. The van der Waals surface area contributed by atoms with E-state index in [1.54, 1.807) is 48.5 Å². The zero-order valence-electron chi connectivity index (χ0n) is 10.6. The molecule has 1 heterocycles. The number of hydrogen-bond acceptors (Lipinski definition) is 4. The average Bonchev–Trinajstić information content (AvgIpc) is 2.88. The monoisotopic (exact) mass is 319 g/mol. The molecule has 0 spiro atoms. The number of benzene rings is 2. The van der Waals surface area contributed by atoms with Crippen LogP contribution in [0.5, 0.6) is 0 Å². The molecule has 2 aromatic carbocycles. The van der Waals surface area contributed by atoms with Gasteiger partial charge in [0.25, 0.3) is 5.09 Å². The van der Waals surface area contributed by atoms with Crippen LogP contribution < -0.4 is 0 Å². The van der Waals surface area contributed by atoms with Crippen LogP contribution in [0, 0.1) is 0 Å². The third-order valence-corrected chi connectivity index (χ3v) is 4.77. The summed E-state index contributed by atoms with van der Waals surface area (Å²) in [6.07, 6.45) is 0. The fourth-order valence-electron chi connectivity index (χ4n) is 2.16. The van der Waals surface area contributed by atoms with E-state index in [9.17, 15) is 12.6 Å². The van der Waals surface area contributed by atoms with Crippen molar-refractivity contribution in [2.75, 3.05) is 0 Å². The Bertz CT molecular complexity index is 955. The number of para-hydroxylation sites is 1. The van der Waals surface area contributed by atoms with E-state index in [1.807, 2.05) is 6.07 Å². The van der Waals surface area contributed by atoms with Crippen molar-refractivity contribution in [3.8, 4) is 11.1 Å². The Balaban J connectivity index is 2.43. The number of fused-ring (bicyclic) bond motifs is 1. The van der Waals surface area contributed by atoms with Crippen LogP contribution in [0.3, 0.4) is 0 Å². The van der Waals surface area contributed by atoms with Crippen molar-refractivity contribution in [1.82, 2.24) is 0 Å². The van der Waals surface area contributed by atoms with Crippen LogP contribution in [0.4, 0.5) is 0 Å². The van der Waals surface area contributed by atoms with Crippen molar-refractivity contribution in [2.24, 2.45) is 3.77 Å². The Morgan fingerprint density at radius 3 is 2.33 bits per heavy atom. The summed E-state index contributed by atoms with van der Waals surface area (Å²) < 4.78 is 43.2. The highest BCUT2D eigenvalue weighted by Crippen LogP contribution is 2.37. The molecule has 7 heteroatoms. The standard InChI is InChI=1S/C14H9NO4S2/c16-20-15-21(17,18)14-13(10-6-2-1-3-7-10)11-8-4-5-9-12(11)19-14/h1-9H. The maximum absolute atomic E-state index is 12.1. The van der Waals surface area contributed by atoms with Crippen molar-refractivity contribution in [3.63, 3.8) is 0 Å². The highest BCUT2D eigenvalue weighted by atomic mass is 32.2. The lowest BCUT2D eigenvalue weighted by Gasteiger charge is -2.00. The first-order valence-electron chi connectivity index (χ1n) is 5.97. The van der Waals surface area contributed by atoms with Gasteiger partial charge in [0, 0.05) is 10.9 Å². The number of hydrogen-bond donors (Lipinski definition) is 0. The number of sulfonamides is 1. The zero-order chi connectivity index (χ0) is 14.9. The predicted molar refractivity (Wildman–Crippen MR) is 79.4 cm³/mol. The fourth-order valence-corrected chi connectivity index (χ4v) is 3.43. The molecule has 21 heavy (non-hydrogen) atoms. The quantitative estimate of drug-likeness (QED) is 0.743. The Kier molecular flexibility index (Phi) is 3.44. The lowest BCUT2D eigenvalue weighted by Crippen LogP contribution is -1.96. The SMILES string of the molecule is O=S=NS(=O)(=O)c1oc2ccccc2c1-c1ccccc1. The first kappa shape index (κ1) is 13.7. The molecule has 106 valence electrons. The summed E-state index contributed by atoms with van der Waals surface area (Å²) in [5.41, 5.74) is 1.54. The minimum Gasteiger partial charge on any atom is -0.442 e. The van der Waals surface area contributed by atoms with Gasteiger partial charge in [0.15, 0.2) is 0 Å². The van der Waals surface area contributed by atoms with Crippen LogP contribution in [0.25, 0.3) is 22.1 Å². The van der Waals surface area contributed by atoms with E-state index in [2.05, 4.69) is 3.77 Å². The van der Waals surface area contributed by atoms with Gasteiger partial charge in [-0.15, -0.1) is 0 Å². The van der Waals surface area contributed by atoms with E-state index in [0.29, 0.717) is 22.1 Å². The summed E-state index contributed by atoms with van der Waals surface area (Å²) in [4.78, 5) is 0. The Labute approximate surface area is 124 Å². The van der Waals surface area contributed by atoms with Gasteiger partial charge in [0.1, 0.15) is 5.58 Å². The number of furan rings is 1. The average molecular weight is 319 g/mol.